The Hall–Kier alpha value is -3.35. The van der Waals surface area contributed by atoms with Crippen molar-refractivity contribution in [3.05, 3.63) is 60.5 Å². The Morgan fingerprint density at radius 1 is 1.00 bits per heavy atom. The molecule has 1 saturated heterocycles. The maximum absolute atomic E-state index is 12.6. The molecule has 1 amide bonds. The summed E-state index contributed by atoms with van der Waals surface area (Å²) in [4.78, 5) is 16.8. The Morgan fingerprint density at radius 2 is 1.72 bits per heavy atom. The van der Waals surface area contributed by atoms with E-state index in [9.17, 15) is 4.79 Å². The van der Waals surface area contributed by atoms with E-state index in [-0.39, 0.29) is 5.91 Å². The number of aromatic nitrogens is 2. The van der Waals surface area contributed by atoms with Crippen LogP contribution in [0.4, 0.5) is 5.69 Å². The lowest BCUT2D eigenvalue weighted by Gasteiger charge is -2.36. The molecule has 0 saturated carbocycles. The minimum atomic E-state index is 0.127. The van der Waals surface area contributed by atoms with E-state index in [1.807, 2.05) is 47.4 Å². The monoisotopic (exact) mass is 392 g/mol. The molecule has 2 aromatic carbocycles. The number of amides is 1. The highest BCUT2D eigenvalue weighted by atomic mass is 16.5. The molecule has 0 spiro atoms. The first-order valence-corrected chi connectivity index (χ1v) is 9.77. The lowest BCUT2D eigenvalue weighted by Crippen LogP contribution is -2.48. The normalized spacial score (nSPS) is 14.1. The SMILES string of the molecule is COc1ccc(-c2nnc(CCC(=O)N3CCN(c4ccccc4)CC3)o2)cc1. The minimum Gasteiger partial charge on any atom is -0.497 e. The molecule has 1 aliphatic heterocycles. The van der Waals surface area contributed by atoms with E-state index in [0.29, 0.717) is 24.6 Å². The standard InChI is InChI=1S/C22H24N4O3/c1-28-19-9-7-17(8-10-19)22-24-23-20(29-22)11-12-21(27)26-15-13-25(14-16-26)18-5-3-2-4-6-18/h2-10H,11-16H2,1H3. The third-order valence-corrected chi connectivity index (χ3v) is 5.11. The first kappa shape index (κ1) is 19.0. The largest absolute Gasteiger partial charge is 0.497 e. The Bertz CT molecular complexity index is 932. The fourth-order valence-electron chi connectivity index (χ4n) is 3.43. The molecule has 1 aromatic heterocycles. The molecule has 0 bridgehead atoms. The molecular weight excluding hydrogens is 368 g/mol. The van der Waals surface area contributed by atoms with Crippen LogP contribution in [0.3, 0.4) is 0 Å². The van der Waals surface area contributed by atoms with Crippen molar-refractivity contribution in [2.24, 2.45) is 0 Å². The molecule has 150 valence electrons. The predicted octanol–water partition coefficient (Wildman–Crippen LogP) is 3.03. The molecule has 1 aliphatic rings. The summed E-state index contributed by atoms with van der Waals surface area (Å²) < 4.78 is 10.9. The summed E-state index contributed by atoms with van der Waals surface area (Å²) in [7, 11) is 1.62. The first-order valence-electron chi connectivity index (χ1n) is 9.77. The number of nitrogens with zero attached hydrogens (tertiary/aromatic N) is 4. The van der Waals surface area contributed by atoms with E-state index < -0.39 is 0 Å². The van der Waals surface area contributed by atoms with Crippen LogP contribution in [0.5, 0.6) is 5.75 Å². The van der Waals surface area contributed by atoms with Crippen LogP contribution in [0.1, 0.15) is 12.3 Å². The number of methoxy groups -OCH3 is 1. The van der Waals surface area contributed by atoms with E-state index in [1.165, 1.54) is 5.69 Å². The third kappa shape index (κ3) is 4.56. The second kappa shape index (κ2) is 8.77. The van der Waals surface area contributed by atoms with Crippen LogP contribution < -0.4 is 9.64 Å². The van der Waals surface area contributed by atoms with E-state index in [4.69, 9.17) is 9.15 Å². The summed E-state index contributed by atoms with van der Waals surface area (Å²) in [5, 5.41) is 8.16. The molecule has 0 atom stereocenters. The summed E-state index contributed by atoms with van der Waals surface area (Å²) in [5.41, 5.74) is 2.03. The molecular formula is C22H24N4O3. The van der Waals surface area contributed by atoms with E-state index in [0.717, 1.165) is 37.5 Å². The quantitative estimate of drug-likeness (QED) is 0.642. The van der Waals surface area contributed by atoms with Crippen LogP contribution in [-0.4, -0.2) is 54.3 Å². The van der Waals surface area contributed by atoms with Crippen LogP contribution in [0.2, 0.25) is 0 Å². The second-order valence-electron chi connectivity index (χ2n) is 6.93. The number of hydrogen-bond donors (Lipinski definition) is 0. The zero-order valence-electron chi connectivity index (χ0n) is 16.5. The van der Waals surface area contributed by atoms with Crippen molar-refractivity contribution >= 4 is 11.6 Å². The Balaban J connectivity index is 1.27. The number of ether oxygens (including phenoxy) is 1. The lowest BCUT2D eigenvalue weighted by atomic mass is 10.2. The molecule has 0 N–H and O–H groups in total. The number of piperazine rings is 1. The van der Waals surface area contributed by atoms with E-state index in [1.54, 1.807) is 7.11 Å². The van der Waals surface area contributed by atoms with Gasteiger partial charge in [-0.3, -0.25) is 4.79 Å². The van der Waals surface area contributed by atoms with Crippen molar-refractivity contribution in [1.29, 1.82) is 0 Å². The van der Waals surface area contributed by atoms with Crippen LogP contribution in [0.25, 0.3) is 11.5 Å². The number of carbonyl (C=O) groups is 1. The van der Waals surface area contributed by atoms with Gasteiger partial charge in [-0.2, -0.15) is 0 Å². The molecule has 7 nitrogen and oxygen atoms in total. The van der Waals surface area contributed by atoms with E-state index in [2.05, 4.69) is 27.2 Å². The third-order valence-electron chi connectivity index (χ3n) is 5.11. The van der Waals surface area contributed by atoms with Crippen molar-refractivity contribution in [3.63, 3.8) is 0 Å². The summed E-state index contributed by atoms with van der Waals surface area (Å²) in [5.74, 6) is 1.83. The summed E-state index contributed by atoms with van der Waals surface area (Å²) in [6.07, 6.45) is 0.816. The van der Waals surface area contributed by atoms with Gasteiger partial charge in [0.05, 0.1) is 7.11 Å². The highest BCUT2D eigenvalue weighted by Crippen LogP contribution is 2.22. The highest BCUT2D eigenvalue weighted by Gasteiger charge is 2.21. The molecule has 3 aromatic rings. The van der Waals surface area contributed by atoms with Gasteiger partial charge in [-0.05, 0) is 36.4 Å². The summed E-state index contributed by atoms with van der Waals surface area (Å²) in [6, 6.07) is 17.7. The minimum absolute atomic E-state index is 0.127. The summed E-state index contributed by atoms with van der Waals surface area (Å²) >= 11 is 0. The van der Waals surface area contributed by atoms with Crippen molar-refractivity contribution in [1.82, 2.24) is 15.1 Å². The number of rotatable bonds is 6. The molecule has 1 fully saturated rings. The van der Waals surface area contributed by atoms with Crippen LogP contribution in [0.15, 0.2) is 59.0 Å². The smallest absolute Gasteiger partial charge is 0.247 e. The number of para-hydroxylation sites is 1. The molecule has 0 aliphatic carbocycles. The van der Waals surface area contributed by atoms with Gasteiger partial charge in [0.15, 0.2) is 0 Å². The predicted molar refractivity (Wildman–Crippen MR) is 110 cm³/mol. The van der Waals surface area contributed by atoms with Crippen LogP contribution >= 0.6 is 0 Å². The molecule has 2 heterocycles. The Labute approximate surface area is 169 Å². The van der Waals surface area contributed by atoms with Gasteiger partial charge in [0.25, 0.3) is 0 Å². The van der Waals surface area contributed by atoms with Gasteiger partial charge in [0.1, 0.15) is 5.75 Å². The van der Waals surface area contributed by atoms with Crippen molar-refractivity contribution < 1.29 is 13.9 Å². The van der Waals surface area contributed by atoms with E-state index >= 15 is 0 Å². The highest BCUT2D eigenvalue weighted by molar-refractivity contribution is 5.76. The van der Waals surface area contributed by atoms with Crippen molar-refractivity contribution in [2.45, 2.75) is 12.8 Å². The van der Waals surface area contributed by atoms with Gasteiger partial charge in [-0.15, -0.1) is 10.2 Å². The van der Waals surface area contributed by atoms with Crippen molar-refractivity contribution in [2.75, 3.05) is 38.2 Å². The fraction of sp³-hybridized carbons (Fsp3) is 0.318. The average Bonchev–Trinajstić information content (AvgIpc) is 3.27. The number of anilines is 1. The van der Waals surface area contributed by atoms with Crippen molar-refractivity contribution in [3.8, 4) is 17.2 Å². The van der Waals surface area contributed by atoms with Crippen LogP contribution in [0, 0.1) is 0 Å². The lowest BCUT2D eigenvalue weighted by molar-refractivity contribution is -0.131. The summed E-state index contributed by atoms with van der Waals surface area (Å²) in [6.45, 7) is 3.15. The molecule has 0 radical (unpaired) electrons. The molecule has 29 heavy (non-hydrogen) atoms. The number of benzene rings is 2. The maximum atomic E-state index is 12.6. The van der Waals surface area contributed by atoms with Gasteiger partial charge >= 0.3 is 0 Å². The Kier molecular flexibility index (Phi) is 5.74. The topological polar surface area (TPSA) is 71.7 Å². The van der Waals surface area contributed by atoms with Gasteiger partial charge in [-0.1, -0.05) is 18.2 Å². The fourth-order valence-corrected chi connectivity index (χ4v) is 3.43. The first-order chi connectivity index (χ1) is 14.2. The zero-order valence-corrected chi connectivity index (χ0v) is 16.5. The molecule has 7 heteroatoms. The molecule has 0 unspecified atom stereocenters. The maximum Gasteiger partial charge on any atom is 0.247 e. The number of hydrogen-bond acceptors (Lipinski definition) is 6. The van der Waals surface area contributed by atoms with Gasteiger partial charge in [-0.25, -0.2) is 0 Å². The number of aryl methyl sites for hydroxylation is 1. The Morgan fingerprint density at radius 3 is 2.41 bits per heavy atom. The number of carbonyl (C=O) groups excluding carboxylic acids is 1. The average molecular weight is 392 g/mol. The zero-order chi connectivity index (χ0) is 20.1. The second-order valence-corrected chi connectivity index (χ2v) is 6.93. The van der Waals surface area contributed by atoms with Gasteiger partial charge in [0, 0.05) is 50.3 Å². The van der Waals surface area contributed by atoms with Gasteiger partial charge in [0.2, 0.25) is 17.7 Å². The van der Waals surface area contributed by atoms with Crippen LogP contribution in [-0.2, 0) is 11.2 Å². The van der Waals surface area contributed by atoms with Gasteiger partial charge < -0.3 is 19.0 Å². The molecule has 4 rings (SSSR count).